The highest BCUT2D eigenvalue weighted by Gasteiger charge is 2.29. The first-order valence-corrected chi connectivity index (χ1v) is 14.1. The zero-order valence-electron chi connectivity index (χ0n) is 22.0. The van der Waals surface area contributed by atoms with Crippen LogP contribution in [0.4, 0.5) is 11.8 Å². The number of carbonyl (C=O) groups is 1. The van der Waals surface area contributed by atoms with E-state index in [0.29, 0.717) is 31.5 Å². The average molecular weight is 519 g/mol. The molecule has 0 bridgehead atoms. The molecule has 0 radical (unpaired) electrons. The van der Waals surface area contributed by atoms with Crippen LogP contribution in [0.3, 0.4) is 0 Å². The molecule has 6 rings (SSSR count). The van der Waals surface area contributed by atoms with Crippen LogP contribution < -0.4 is 10.2 Å². The van der Waals surface area contributed by atoms with Gasteiger partial charge in [-0.15, -0.1) is 0 Å². The van der Waals surface area contributed by atoms with Crippen LogP contribution in [0.25, 0.3) is 11.2 Å². The largest absolute Gasteiger partial charge is 0.394 e. The number of imidazole rings is 1. The lowest BCUT2D eigenvalue weighted by Crippen LogP contribution is -2.39. The molecule has 38 heavy (non-hydrogen) atoms. The molecule has 1 atom stereocenters. The summed E-state index contributed by atoms with van der Waals surface area (Å²) in [5.41, 5.74) is 2.91. The lowest BCUT2D eigenvalue weighted by atomic mass is 10.0. The summed E-state index contributed by atoms with van der Waals surface area (Å²) in [6.45, 7) is 6.12. The number of aliphatic hydroxyl groups excluding tert-OH is 1. The first kappa shape index (κ1) is 25.1. The van der Waals surface area contributed by atoms with E-state index in [0.717, 1.165) is 81.8 Å². The fraction of sp³-hybridized carbons (Fsp3) is 0.571. The molecule has 3 aliphatic rings. The summed E-state index contributed by atoms with van der Waals surface area (Å²) >= 11 is 0. The number of hydrogen-bond donors (Lipinski definition) is 2. The normalized spacial score (nSPS) is 21.2. The summed E-state index contributed by atoms with van der Waals surface area (Å²) < 4.78 is 2.05. The third kappa shape index (κ3) is 5.33. The summed E-state index contributed by atoms with van der Waals surface area (Å²) in [5.74, 6) is 1.65. The molecule has 5 heterocycles. The van der Waals surface area contributed by atoms with Gasteiger partial charge >= 0.3 is 0 Å². The maximum absolute atomic E-state index is 12.1. The van der Waals surface area contributed by atoms with E-state index in [1.54, 1.807) is 0 Å². The van der Waals surface area contributed by atoms with Crippen LogP contribution in [0.1, 0.15) is 44.1 Å². The molecule has 3 saturated heterocycles. The molecule has 0 spiro atoms. The van der Waals surface area contributed by atoms with Gasteiger partial charge in [0, 0.05) is 58.3 Å². The van der Waals surface area contributed by atoms with Crippen LogP contribution in [0, 0.1) is 0 Å². The Labute approximate surface area is 223 Å². The minimum absolute atomic E-state index is 0.0418. The Morgan fingerprint density at radius 3 is 2.58 bits per heavy atom. The van der Waals surface area contributed by atoms with Gasteiger partial charge in [-0.05, 0) is 37.7 Å². The number of hydrogen-bond acceptors (Lipinski definition) is 8. The highest BCUT2D eigenvalue weighted by molar-refractivity contribution is 5.84. The highest BCUT2D eigenvalue weighted by Crippen LogP contribution is 2.29. The zero-order valence-corrected chi connectivity index (χ0v) is 22.0. The Morgan fingerprint density at radius 1 is 0.974 bits per heavy atom. The first-order chi connectivity index (χ1) is 18.7. The number of amides is 1. The summed E-state index contributed by atoms with van der Waals surface area (Å²) in [6, 6.07) is 11.0. The van der Waals surface area contributed by atoms with E-state index in [4.69, 9.17) is 15.0 Å². The van der Waals surface area contributed by atoms with Gasteiger partial charge in [-0.2, -0.15) is 9.97 Å². The molecule has 1 amide bonds. The number of carbonyl (C=O) groups excluding carboxylic acids is 1. The monoisotopic (exact) mass is 518 g/mol. The lowest BCUT2D eigenvalue weighted by molar-refractivity contribution is -0.127. The third-order valence-corrected chi connectivity index (χ3v) is 8.26. The number of aromatic nitrogens is 4. The average Bonchev–Trinajstić information content (AvgIpc) is 3.69. The van der Waals surface area contributed by atoms with Crippen LogP contribution >= 0.6 is 0 Å². The third-order valence-electron chi connectivity index (χ3n) is 8.26. The molecule has 202 valence electrons. The molecular weight excluding hydrogens is 480 g/mol. The van der Waals surface area contributed by atoms with Crippen LogP contribution in [0.15, 0.2) is 36.7 Å². The molecule has 2 aromatic heterocycles. The molecule has 3 fully saturated rings. The standard InChI is InChI=1S/C28H38N8O2/c37-19-23-8-4-13-36(23)28-31-26(30-22-10-14-33(15-11-22)18-21-6-2-1-3-7-21)25-27(32-28)35(20-29-25)17-16-34-12-5-9-24(34)38/h1-3,6-7,20,22-23,37H,4-5,8-19H2,(H,30,31,32). The summed E-state index contributed by atoms with van der Waals surface area (Å²) in [5, 5.41) is 13.7. The molecule has 1 aromatic carbocycles. The van der Waals surface area contributed by atoms with E-state index in [-0.39, 0.29) is 18.6 Å². The Morgan fingerprint density at radius 2 is 1.82 bits per heavy atom. The Balaban J connectivity index is 1.20. The second kappa shape index (κ2) is 11.2. The van der Waals surface area contributed by atoms with Gasteiger partial charge in [-0.1, -0.05) is 30.3 Å². The van der Waals surface area contributed by atoms with Crippen molar-refractivity contribution in [2.75, 3.05) is 49.5 Å². The molecule has 10 nitrogen and oxygen atoms in total. The number of fused-ring (bicyclic) bond motifs is 1. The van der Waals surface area contributed by atoms with Crippen LogP contribution in [0.2, 0.25) is 0 Å². The van der Waals surface area contributed by atoms with Crippen LogP contribution in [0.5, 0.6) is 0 Å². The molecule has 10 heteroatoms. The van der Waals surface area contributed by atoms with Gasteiger partial charge in [0.2, 0.25) is 11.9 Å². The smallest absolute Gasteiger partial charge is 0.229 e. The van der Waals surface area contributed by atoms with Crippen molar-refractivity contribution >= 4 is 28.8 Å². The number of nitrogens with zero attached hydrogens (tertiary/aromatic N) is 7. The molecule has 1 unspecified atom stereocenters. The van der Waals surface area contributed by atoms with Gasteiger partial charge in [0.25, 0.3) is 0 Å². The molecule has 3 aromatic rings. The Bertz CT molecular complexity index is 1240. The molecule has 0 saturated carbocycles. The summed E-state index contributed by atoms with van der Waals surface area (Å²) in [6.07, 6.45) is 7.44. The van der Waals surface area contributed by atoms with Crippen molar-refractivity contribution in [3.63, 3.8) is 0 Å². The molecule has 0 aliphatic carbocycles. The topological polar surface area (TPSA) is 103 Å². The van der Waals surface area contributed by atoms with Crippen molar-refractivity contribution in [3.05, 3.63) is 42.2 Å². The second-order valence-electron chi connectivity index (χ2n) is 10.8. The SMILES string of the molecule is O=C1CCCN1CCn1cnc2c(NC3CCN(Cc4ccccc4)CC3)nc(N3CCCC3CO)nc21. The molecular formula is C28H38N8O2. The number of anilines is 2. The predicted octanol–water partition coefficient (Wildman–Crippen LogP) is 2.49. The predicted molar refractivity (Wildman–Crippen MR) is 147 cm³/mol. The summed E-state index contributed by atoms with van der Waals surface area (Å²) in [4.78, 5) is 33.3. The first-order valence-electron chi connectivity index (χ1n) is 14.1. The number of rotatable bonds is 9. The van der Waals surface area contributed by atoms with Crippen molar-refractivity contribution in [3.8, 4) is 0 Å². The fourth-order valence-corrected chi connectivity index (χ4v) is 6.05. The highest BCUT2D eigenvalue weighted by atomic mass is 16.3. The van der Waals surface area contributed by atoms with Crippen molar-refractivity contribution in [1.29, 1.82) is 0 Å². The Hall–Kier alpha value is -3.24. The minimum atomic E-state index is 0.0418. The van der Waals surface area contributed by atoms with Gasteiger partial charge in [0.1, 0.15) is 0 Å². The van der Waals surface area contributed by atoms with E-state index >= 15 is 0 Å². The van der Waals surface area contributed by atoms with Crippen molar-refractivity contribution in [1.82, 2.24) is 29.3 Å². The number of nitrogens with one attached hydrogen (secondary N) is 1. The maximum Gasteiger partial charge on any atom is 0.229 e. The van der Waals surface area contributed by atoms with Crippen LogP contribution in [-0.2, 0) is 17.9 Å². The fourth-order valence-electron chi connectivity index (χ4n) is 6.05. The molecule has 3 aliphatic heterocycles. The number of benzene rings is 1. The van der Waals surface area contributed by atoms with Crippen molar-refractivity contribution in [2.24, 2.45) is 0 Å². The van der Waals surface area contributed by atoms with E-state index < -0.39 is 0 Å². The lowest BCUT2D eigenvalue weighted by Gasteiger charge is -2.33. The second-order valence-corrected chi connectivity index (χ2v) is 10.8. The van der Waals surface area contributed by atoms with Crippen molar-refractivity contribution in [2.45, 2.75) is 63.7 Å². The number of aliphatic hydroxyl groups is 1. The Kier molecular flexibility index (Phi) is 7.42. The van der Waals surface area contributed by atoms with Gasteiger partial charge in [-0.3, -0.25) is 9.69 Å². The van der Waals surface area contributed by atoms with E-state index in [9.17, 15) is 9.90 Å². The minimum Gasteiger partial charge on any atom is -0.394 e. The summed E-state index contributed by atoms with van der Waals surface area (Å²) in [7, 11) is 0. The quantitative estimate of drug-likeness (QED) is 0.446. The van der Waals surface area contributed by atoms with E-state index in [2.05, 4.69) is 45.4 Å². The zero-order chi connectivity index (χ0) is 25.9. The van der Waals surface area contributed by atoms with Gasteiger partial charge in [0.15, 0.2) is 17.0 Å². The van der Waals surface area contributed by atoms with Gasteiger partial charge in [0.05, 0.1) is 19.0 Å². The van der Waals surface area contributed by atoms with Gasteiger partial charge in [-0.25, -0.2) is 4.98 Å². The van der Waals surface area contributed by atoms with Crippen molar-refractivity contribution < 1.29 is 9.90 Å². The van der Waals surface area contributed by atoms with E-state index in [1.807, 2.05) is 15.8 Å². The van der Waals surface area contributed by atoms with E-state index in [1.165, 1.54) is 5.56 Å². The van der Waals surface area contributed by atoms with Gasteiger partial charge < -0.3 is 24.8 Å². The maximum atomic E-state index is 12.1. The van der Waals surface area contributed by atoms with Crippen LogP contribution in [-0.4, -0.2) is 91.7 Å². The molecule has 2 N–H and O–H groups in total. The number of likely N-dealkylation sites (tertiary alicyclic amines) is 2. The number of piperidine rings is 1.